The highest BCUT2D eigenvalue weighted by molar-refractivity contribution is 5.73. The Hall–Kier alpha value is -1.59. The molecule has 5 nitrogen and oxygen atoms in total. The van der Waals surface area contributed by atoms with Crippen molar-refractivity contribution in [2.45, 2.75) is 26.4 Å². The molecule has 0 radical (unpaired) electrons. The summed E-state index contributed by atoms with van der Waals surface area (Å²) in [5.74, 6) is 1.43. The van der Waals surface area contributed by atoms with Crippen LogP contribution >= 0.6 is 0 Å². The first-order chi connectivity index (χ1) is 10.9. The van der Waals surface area contributed by atoms with Crippen LogP contribution in [0.15, 0.2) is 24.3 Å². The maximum atomic E-state index is 11.4. The second-order valence-electron chi connectivity index (χ2n) is 6.62. The SMILES string of the molecule is CC(=O)N1CCC(CN(C)CC(O)COc2ccc(C)cc2)C1. The van der Waals surface area contributed by atoms with Crippen molar-refractivity contribution in [3.63, 3.8) is 0 Å². The van der Waals surface area contributed by atoms with E-state index in [9.17, 15) is 9.90 Å². The predicted molar refractivity (Wildman–Crippen MR) is 90.5 cm³/mol. The number of aliphatic hydroxyl groups excluding tert-OH is 1. The van der Waals surface area contributed by atoms with E-state index in [-0.39, 0.29) is 12.5 Å². The van der Waals surface area contributed by atoms with Crippen LogP contribution in [0.1, 0.15) is 18.9 Å². The van der Waals surface area contributed by atoms with Gasteiger partial charge in [0.1, 0.15) is 18.5 Å². The molecular weight excluding hydrogens is 292 g/mol. The predicted octanol–water partition coefficient (Wildman–Crippen LogP) is 1.53. The maximum absolute atomic E-state index is 11.4. The Kier molecular flexibility index (Phi) is 6.42. The second-order valence-corrected chi connectivity index (χ2v) is 6.62. The highest BCUT2D eigenvalue weighted by atomic mass is 16.5. The Labute approximate surface area is 138 Å². The van der Waals surface area contributed by atoms with Gasteiger partial charge >= 0.3 is 0 Å². The van der Waals surface area contributed by atoms with E-state index in [0.29, 0.717) is 12.5 Å². The Morgan fingerprint density at radius 1 is 1.43 bits per heavy atom. The fraction of sp³-hybridized carbons (Fsp3) is 0.611. The van der Waals surface area contributed by atoms with Crippen LogP contribution in [0.25, 0.3) is 0 Å². The Bertz CT molecular complexity index is 503. The lowest BCUT2D eigenvalue weighted by Crippen LogP contribution is -2.36. The molecule has 0 aromatic heterocycles. The highest BCUT2D eigenvalue weighted by Gasteiger charge is 2.25. The topological polar surface area (TPSA) is 53.0 Å². The Balaban J connectivity index is 1.67. The zero-order valence-electron chi connectivity index (χ0n) is 14.4. The number of aryl methyl sites for hydroxylation is 1. The molecule has 0 bridgehead atoms. The quantitative estimate of drug-likeness (QED) is 0.828. The number of nitrogens with zero attached hydrogens (tertiary/aromatic N) is 2. The van der Waals surface area contributed by atoms with Crippen molar-refractivity contribution in [2.75, 3.05) is 39.8 Å². The minimum Gasteiger partial charge on any atom is -0.491 e. The van der Waals surface area contributed by atoms with Crippen molar-refractivity contribution >= 4 is 5.91 Å². The third-order valence-corrected chi connectivity index (χ3v) is 4.29. The molecule has 0 aliphatic carbocycles. The summed E-state index contributed by atoms with van der Waals surface area (Å²) in [5, 5.41) is 10.1. The van der Waals surface area contributed by atoms with Gasteiger partial charge in [-0.2, -0.15) is 0 Å². The first-order valence-electron chi connectivity index (χ1n) is 8.25. The molecule has 128 valence electrons. The normalized spacial score (nSPS) is 19.2. The summed E-state index contributed by atoms with van der Waals surface area (Å²) in [6, 6.07) is 7.82. The van der Waals surface area contributed by atoms with E-state index in [1.54, 1.807) is 6.92 Å². The van der Waals surface area contributed by atoms with Crippen molar-refractivity contribution in [1.82, 2.24) is 9.80 Å². The van der Waals surface area contributed by atoms with E-state index in [2.05, 4.69) is 4.90 Å². The smallest absolute Gasteiger partial charge is 0.219 e. The van der Waals surface area contributed by atoms with Gasteiger partial charge in [0.2, 0.25) is 5.91 Å². The Morgan fingerprint density at radius 2 is 2.13 bits per heavy atom. The van der Waals surface area contributed by atoms with Gasteiger partial charge in [0, 0.05) is 33.1 Å². The van der Waals surface area contributed by atoms with Gasteiger partial charge in [0.05, 0.1) is 0 Å². The lowest BCUT2D eigenvalue weighted by molar-refractivity contribution is -0.127. The monoisotopic (exact) mass is 320 g/mol. The van der Waals surface area contributed by atoms with E-state index in [4.69, 9.17) is 4.74 Å². The van der Waals surface area contributed by atoms with Gasteiger partial charge in [0.25, 0.3) is 0 Å². The standard InChI is InChI=1S/C18H28N2O3/c1-14-4-6-18(7-5-14)23-13-17(22)12-19(3)10-16-8-9-20(11-16)15(2)21/h4-7,16-17,22H,8-13H2,1-3H3. The number of likely N-dealkylation sites (tertiary alicyclic amines) is 1. The third-order valence-electron chi connectivity index (χ3n) is 4.29. The van der Waals surface area contributed by atoms with Crippen LogP contribution in [0.4, 0.5) is 0 Å². The van der Waals surface area contributed by atoms with Gasteiger partial charge in [0.15, 0.2) is 0 Å². The molecule has 1 amide bonds. The fourth-order valence-corrected chi connectivity index (χ4v) is 3.02. The third kappa shape index (κ3) is 5.84. The molecular formula is C18H28N2O3. The van der Waals surface area contributed by atoms with Crippen LogP contribution < -0.4 is 4.74 Å². The molecule has 0 spiro atoms. The molecule has 0 saturated carbocycles. The molecule has 2 atom stereocenters. The van der Waals surface area contributed by atoms with Crippen molar-refractivity contribution in [3.8, 4) is 5.75 Å². The van der Waals surface area contributed by atoms with E-state index in [0.717, 1.165) is 31.8 Å². The Morgan fingerprint density at radius 3 is 2.74 bits per heavy atom. The zero-order chi connectivity index (χ0) is 16.8. The molecule has 1 aromatic rings. The molecule has 23 heavy (non-hydrogen) atoms. The lowest BCUT2D eigenvalue weighted by atomic mass is 10.1. The largest absolute Gasteiger partial charge is 0.491 e. The van der Waals surface area contributed by atoms with Gasteiger partial charge in [-0.3, -0.25) is 4.79 Å². The number of aliphatic hydroxyl groups is 1. The van der Waals surface area contributed by atoms with Crippen molar-refractivity contribution < 1.29 is 14.6 Å². The first kappa shape index (κ1) is 17.8. The number of amides is 1. The molecule has 1 aromatic carbocycles. The van der Waals surface area contributed by atoms with Gasteiger partial charge < -0.3 is 19.6 Å². The number of benzene rings is 1. The summed E-state index contributed by atoms with van der Waals surface area (Å²) in [6.45, 7) is 7.09. The van der Waals surface area contributed by atoms with E-state index in [1.807, 2.05) is 43.1 Å². The summed E-state index contributed by atoms with van der Waals surface area (Å²) in [4.78, 5) is 15.4. The number of hydrogen-bond acceptors (Lipinski definition) is 4. The summed E-state index contributed by atoms with van der Waals surface area (Å²) in [7, 11) is 2.01. The minimum atomic E-state index is -0.522. The molecule has 2 unspecified atom stereocenters. The average Bonchev–Trinajstić information content (AvgIpc) is 2.95. The molecule has 1 fully saturated rings. The fourth-order valence-electron chi connectivity index (χ4n) is 3.02. The molecule has 1 aliphatic heterocycles. The van der Waals surface area contributed by atoms with E-state index >= 15 is 0 Å². The lowest BCUT2D eigenvalue weighted by Gasteiger charge is -2.24. The number of carbonyl (C=O) groups excluding carboxylic acids is 1. The van der Waals surface area contributed by atoms with Crippen LogP contribution in [0.3, 0.4) is 0 Å². The molecule has 1 aliphatic rings. The van der Waals surface area contributed by atoms with Gasteiger partial charge in [-0.05, 0) is 38.4 Å². The summed E-state index contributed by atoms with van der Waals surface area (Å²) >= 11 is 0. The van der Waals surface area contributed by atoms with E-state index < -0.39 is 6.10 Å². The maximum Gasteiger partial charge on any atom is 0.219 e. The van der Waals surface area contributed by atoms with Crippen molar-refractivity contribution in [3.05, 3.63) is 29.8 Å². The van der Waals surface area contributed by atoms with Crippen LogP contribution in [-0.4, -0.2) is 66.8 Å². The van der Waals surface area contributed by atoms with Gasteiger partial charge in [-0.25, -0.2) is 0 Å². The number of hydrogen-bond donors (Lipinski definition) is 1. The highest BCUT2D eigenvalue weighted by Crippen LogP contribution is 2.17. The molecule has 1 heterocycles. The molecule has 5 heteroatoms. The van der Waals surface area contributed by atoms with Gasteiger partial charge in [-0.1, -0.05) is 17.7 Å². The number of carbonyl (C=O) groups is 1. The first-order valence-corrected chi connectivity index (χ1v) is 8.25. The van der Waals surface area contributed by atoms with Crippen LogP contribution in [0, 0.1) is 12.8 Å². The molecule has 1 N–H and O–H groups in total. The summed E-state index contributed by atoms with van der Waals surface area (Å²) < 4.78 is 5.61. The minimum absolute atomic E-state index is 0.154. The number of likely N-dealkylation sites (N-methyl/N-ethyl adjacent to an activating group) is 1. The van der Waals surface area contributed by atoms with Crippen LogP contribution in [0.5, 0.6) is 5.75 Å². The van der Waals surface area contributed by atoms with Crippen LogP contribution in [0.2, 0.25) is 0 Å². The summed E-state index contributed by atoms with van der Waals surface area (Å²) in [6.07, 6.45) is 0.520. The zero-order valence-corrected chi connectivity index (χ0v) is 14.4. The van der Waals surface area contributed by atoms with E-state index in [1.165, 1.54) is 5.56 Å². The molecule has 2 rings (SSSR count). The second kappa shape index (κ2) is 8.31. The number of rotatable bonds is 7. The average molecular weight is 320 g/mol. The van der Waals surface area contributed by atoms with Gasteiger partial charge in [-0.15, -0.1) is 0 Å². The number of ether oxygens (including phenoxy) is 1. The van der Waals surface area contributed by atoms with Crippen LogP contribution in [-0.2, 0) is 4.79 Å². The summed E-state index contributed by atoms with van der Waals surface area (Å²) in [5.41, 5.74) is 1.19. The molecule has 1 saturated heterocycles. The van der Waals surface area contributed by atoms with Crippen molar-refractivity contribution in [2.24, 2.45) is 5.92 Å². The van der Waals surface area contributed by atoms with Crippen molar-refractivity contribution in [1.29, 1.82) is 0 Å².